The van der Waals surface area contributed by atoms with Crippen LogP contribution in [0.15, 0.2) is 107 Å². The molecule has 0 aliphatic carbocycles. The van der Waals surface area contributed by atoms with Gasteiger partial charge in [-0.1, -0.05) is 84.2 Å². The highest BCUT2D eigenvalue weighted by atomic mass is 32.2. The minimum atomic E-state index is -4.47. The molecule has 0 fully saturated rings. The molecule has 2 aliphatic rings. The third-order valence-electron chi connectivity index (χ3n) is 6.65. The van der Waals surface area contributed by atoms with Crippen LogP contribution in [0.5, 0.6) is 0 Å². The van der Waals surface area contributed by atoms with Crippen molar-refractivity contribution in [3.05, 3.63) is 130 Å². The monoisotopic (exact) mass is 545 g/mol. The highest BCUT2D eigenvalue weighted by Gasteiger charge is 2.55. The van der Waals surface area contributed by atoms with Crippen molar-refractivity contribution in [1.29, 1.82) is 0 Å². The molecule has 6 rings (SSSR count). The Bertz CT molecular complexity index is 1370. The molecule has 2 heterocycles. The van der Waals surface area contributed by atoms with Gasteiger partial charge >= 0.3 is 12.4 Å². The molecule has 0 saturated heterocycles. The van der Waals surface area contributed by atoms with Crippen molar-refractivity contribution in [1.82, 2.24) is 5.32 Å². The van der Waals surface area contributed by atoms with Crippen LogP contribution in [-0.2, 0) is 22.1 Å². The highest BCUT2D eigenvalue weighted by Crippen LogP contribution is 2.64. The summed E-state index contributed by atoms with van der Waals surface area (Å²) in [5.41, 5.74) is 1.49. The summed E-state index contributed by atoms with van der Waals surface area (Å²) < 4.78 is 80.1. The minimum absolute atomic E-state index is 0.615. The molecular formula is C28H17F6NS2. The molecule has 4 aromatic rings. The Hall–Kier alpha value is -2.88. The van der Waals surface area contributed by atoms with Crippen LogP contribution in [0.3, 0.4) is 0 Å². The predicted molar refractivity (Wildman–Crippen MR) is 132 cm³/mol. The average Bonchev–Trinajstić information content (AvgIpc) is 2.88. The number of rotatable bonds is 2. The Morgan fingerprint density at radius 1 is 0.486 bits per heavy atom. The molecule has 0 radical (unpaired) electrons. The molecule has 4 aromatic carbocycles. The van der Waals surface area contributed by atoms with Gasteiger partial charge in [0.05, 0.1) is 11.1 Å². The van der Waals surface area contributed by atoms with Crippen molar-refractivity contribution in [2.45, 2.75) is 31.9 Å². The molecule has 188 valence electrons. The van der Waals surface area contributed by atoms with Crippen LogP contribution >= 0.6 is 23.5 Å². The number of hydrogen-bond donors (Lipinski definition) is 1. The summed E-state index contributed by atoms with van der Waals surface area (Å²) in [6.07, 6.45) is -8.94. The summed E-state index contributed by atoms with van der Waals surface area (Å²) in [6.45, 7) is 0. The Labute approximate surface area is 217 Å². The first-order valence-electron chi connectivity index (χ1n) is 11.2. The summed E-state index contributed by atoms with van der Waals surface area (Å²) in [5, 5.41) is 3.70. The van der Waals surface area contributed by atoms with Crippen molar-refractivity contribution in [2.75, 3.05) is 0 Å². The van der Waals surface area contributed by atoms with Gasteiger partial charge in [0.25, 0.3) is 0 Å². The van der Waals surface area contributed by atoms with Crippen molar-refractivity contribution in [2.24, 2.45) is 0 Å². The molecule has 1 nitrogen and oxygen atoms in total. The van der Waals surface area contributed by atoms with E-state index in [0.717, 1.165) is 45.2 Å². The lowest BCUT2D eigenvalue weighted by atomic mass is 9.90. The maximum absolute atomic E-state index is 13.3. The van der Waals surface area contributed by atoms with E-state index < -0.39 is 33.2 Å². The molecule has 37 heavy (non-hydrogen) atoms. The van der Waals surface area contributed by atoms with E-state index in [1.54, 1.807) is 0 Å². The molecule has 0 saturated carbocycles. The molecular weight excluding hydrogens is 528 g/mol. The van der Waals surface area contributed by atoms with Gasteiger partial charge in [0.15, 0.2) is 0 Å². The number of hydrogen-bond acceptors (Lipinski definition) is 3. The van der Waals surface area contributed by atoms with Gasteiger partial charge in [-0.2, -0.15) is 26.3 Å². The zero-order valence-electron chi connectivity index (χ0n) is 18.8. The summed E-state index contributed by atoms with van der Waals surface area (Å²) >= 11 is 2.97. The van der Waals surface area contributed by atoms with Crippen LogP contribution in [-0.4, -0.2) is 0 Å². The van der Waals surface area contributed by atoms with Crippen LogP contribution in [0.2, 0.25) is 0 Å². The average molecular weight is 546 g/mol. The van der Waals surface area contributed by atoms with Crippen LogP contribution in [0, 0.1) is 0 Å². The third-order valence-corrected chi connectivity index (χ3v) is 9.53. The molecule has 9 heteroatoms. The standard InChI is InChI=1S/C28H17F6NS2/c29-27(30,31)19-13-9-17(10-14-19)25-21-5-1-3-7-23(21)36-26(35-25,22-6-2-4-8-24(22)37-25)18-11-15-20(16-12-18)28(32,33)34/h1-16,35H/t25-,26-/m0/s1. The Morgan fingerprint density at radius 3 is 1.19 bits per heavy atom. The fourth-order valence-corrected chi connectivity index (χ4v) is 8.23. The van der Waals surface area contributed by atoms with E-state index in [4.69, 9.17) is 0 Å². The van der Waals surface area contributed by atoms with Crippen molar-refractivity contribution in [3.63, 3.8) is 0 Å². The molecule has 2 atom stereocenters. The summed E-state index contributed by atoms with van der Waals surface area (Å²) in [6, 6.07) is 25.4. The zero-order valence-corrected chi connectivity index (χ0v) is 20.5. The first-order valence-corrected chi connectivity index (χ1v) is 12.9. The zero-order chi connectivity index (χ0) is 26.1. The van der Waals surface area contributed by atoms with E-state index in [1.807, 2.05) is 48.5 Å². The molecule has 0 amide bonds. The van der Waals surface area contributed by atoms with E-state index in [1.165, 1.54) is 47.8 Å². The van der Waals surface area contributed by atoms with Crippen molar-refractivity contribution in [3.8, 4) is 0 Å². The van der Waals surface area contributed by atoms with Gasteiger partial charge in [-0.3, -0.25) is 5.32 Å². The van der Waals surface area contributed by atoms with Crippen LogP contribution in [0.1, 0.15) is 33.4 Å². The van der Waals surface area contributed by atoms with Gasteiger partial charge in [0.1, 0.15) is 9.74 Å². The summed E-state index contributed by atoms with van der Waals surface area (Å²) in [4.78, 5) is -0.183. The number of alkyl halides is 6. The molecule has 2 bridgehead atoms. The molecule has 1 N–H and O–H groups in total. The van der Waals surface area contributed by atoms with E-state index in [9.17, 15) is 26.3 Å². The first kappa shape index (κ1) is 24.5. The number of fused-ring (bicyclic) bond motifs is 6. The quantitative estimate of drug-likeness (QED) is 0.253. The van der Waals surface area contributed by atoms with E-state index in [0.29, 0.717) is 11.1 Å². The SMILES string of the molecule is FC(F)(F)c1ccc([C@@]23N[C@@](c4ccc(C(F)(F)F)cc4)(Sc4ccccc42)c2ccccc2S3)cc1. The maximum Gasteiger partial charge on any atom is 0.416 e. The minimum Gasteiger partial charge on any atom is -0.273 e. The number of benzene rings is 4. The maximum atomic E-state index is 13.3. The normalized spacial score (nSPS) is 22.8. The Balaban J connectivity index is 1.60. The molecule has 0 unspecified atom stereocenters. The van der Waals surface area contributed by atoms with Crippen molar-refractivity contribution >= 4 is 23.5 Å². The van der Waals surface area contributed by atoms with Gasteiger partial charge in [0, 0.05) is 20.9 Å². The largest absolute Gasteiger partial charge is 0.416 e. The summed E-state index contributed by atoms with van der Waals surface area (Å²) in [7, 11) is 0. The molecule has 2 aliphatic heterocycles. The smallest absolute Gasteiger partial charge is 0.273 e. The predicted octanol–water partition coefficient (Wildman–Crippen LogP) is 8.63. The van der Waals surface area contributed by atoms with E-state index in [2.05, 4.69) is 5.32 Å². The van der Waals surface area contributed by atoms with Gasteiger partial charge in [-0.15, -0.1) is 0 Å². The van der Waals surface area contributed by atoms with Gasteiger partial charge < -0.3 is 0 Å². The van der Waals surface area contributed by atoms with E-state index in [-0.39, 0.29) is 0 Å². The number of thioether (sulfide) groups is 2. The third kappa shape index (κ3) is 3.86. The molecule has 0 spiro atoms. The fraction of sp³-hybridized carbons (Fsp3) is 0.143. The van der Waals surface area contributed by atoms with Crippen LogP contribution in [0.4, 0.5) is 26.3 Å². The van der Waals surface area contributed by atoms with Crippen LogP contribution < -0.4 is 5.32 Å². The lowest BCUT2D eigenvalue weighted by molar-refractivity contribution is -0.138. The number of halogens is 6. The second-order valence-corrected chi connectivity index (χ2v) is 11.3. The highest BCUT2D eigenvalue weighted by molar-refractivity contribution is 8.02. The second-order valence-electron chi connectivity index (χ2n) is 8.83. The lowest BCUT2D eigenvalue weighted by Gasteiger charge is -2.54. The van der Waals surface area contributed by atoms with Gasteiger partial charge in [-0.25, -0.2) is 0 Å². The Morgan fingerprint density at radius 2 is 0.838 bits per heavy atom. The van der Waals surface area contributed by atoms with E-state index >= 15 is 0 Å². The molecule has 0 aromatic heterocycles. The first-order chi connectivity index (χ1) is 17.5. The van der Waals surface area contributed by atoms with Crippen molar-refractivity contribution < 1.29 is 26.3 Å². The van der Waals surface area contributed by atoms with Crippen LogP contribution in [0.25, 0.3) is 0 Å². The summed E-state index contributed by atoms with van der Waals surface area (Å²) in [5.74, 6) is 0. The van der Waals surface area contributed by atoms with Gasteiger partial charge in [-0.05, 0) is 47.5 Å². The Kier molecular flexibility index (Phi) is 5.49. The topological polar surface area (TPSA) is 12.0 Å². The number of nitrogens with one attached hydrogen (secondary N) is 1. The lowest BCUT2D eigenvalue weighted by Crippen LogP contribution is -2.57. The van der Waals surface area contributed by atoms with Gasteiger partial charge in [0.2, 0.25) is 0 Å². The fourth-order valence-electron chi connectivity index (χ4n) is 4.93. The second kappa shape index (κ2) is 8.31.